The van der Waals surface area contributed by atoms with Crippen molar-refractivity contribution in [1.82, 2.24) is 24.5 Å². The molecular formula is C22H26N6O3. The van der Waals surface area contributed by atoms with E-state index >= 15 is 0 Å². The van der Waals surface area contributed by atoms with E-state index in [4.69, 9.17) is 4.74 Å². The van der Waals surface area contributed by atoms with Crippen molar-refractivity contribution in [2.45, 2.75) is 25.4 Å². The second-order valence-corrected chi connectivity index (χ2v) is 8.52. The summed E-state index contributed by atoms with van der Waals surface area (Å²) in [5, 5.41) is 14.9. The van der Waals surface area contributed by atoms with Gasteiger partial charge in [-0.3, -0.25) is 4.79 Å². The highest BCUT2D eigenvalue weighted by molar-refractivity contribution is 6.00. The number of hydrogen-bond donors (Lipinski definition) is 1. The average Bonchev–Trinajstić information content (AvgIpc) is 3.23. The summed E-state index contributed by atoms with van der Waals surface area (Å²) in [6.07, 6.45) is 7.06. The number of β-amino-alcohol motifs (C(OH)–C–C–N with tert-alkyl or cyclic N) is 1. The number of fused-ring (bicyclic) bond motifs is 1. The van der Waals surface area contributed by atoms with E-state index in [1.807, 2.05) is 24.4 Å². The van der Waals surface area contributed by atoms with Gasteiger partial charge in [-0.2, -0.15) is 10.1 Å². The Kier molecular flexibility index (Phi) is 4.97. The van der Waals surface area contributed by atoms with Crippen molar-refractivity contribution in [2.75, 3.05) is 38.2 Å². The van der Waals surface area contributed by atoms with Gasteiger partial charge in [-0.1, -0.05) is 6.07 Å². The maximum atomic E-state index is 13.3. The van der Waals surface area contributed by atoms with Crippen LogP contribution in [0.25, 0.3) is 5.52 Å². The van der Waals surface area contributed by atoms with Crippen molar-refractivity contribution in [3.63, 3.8) is 0 Å². The maximum absolute atomic E-state index is 13.3. The molecule has 2 fully saturated rings. The maximum Gasteiger partial charge on any atom is 0.257 e. The van der Waals surface area contributed by atoms with Crippen LogP contribution in [0.3, 0.4) is 0 Å². The van der Waals surface area contributed by atoms with Gasteiger partial charge in [-0.15, -0.1) is 0 Å². The minimum absolute atomic E-state index is 0.0714. The zero-order chi connectivity index (χ0) is 21.4. The van der Waals surface area contributed by atoms with Crippen LogP contribution < -0.4 is 9.64 Å². The number of nitrogens with zero attached hydrogens (tertiary/aromatic N) is 6. The monoisotopic (exact) mass is 422 g/mol. The first kappa shape index (κ1) is 19.7. The van der Waals surface area contributed by atoms with Crippen LogP contribution in [0.2, 0.25) is 0 Å². The zero-order valence-electron chi connectivity index (χ0n) is 17.5. The number of anilines is 1. The molecule has 9 nitrogen and oxygen atoms in total. The van der Waals surface area contributed by atoms with Gasteiger partial charge in [0.15, 0.2) is 0 Å². The van der Waals surface area contributed by atoms with E-state index in [0.29, 0.717) is 36.9 Å². The molecule has 0 saturated carbocycles. The fourth-order valence-electron chi connectivity index (χ4n) is 4.92. The number of hydrogen-bond acceptors (Lipinski definition) is 7. The molecule has 1 spiro atoms. The molecule has 3 aromatic heterocycles. The molecule has 1 amide bonds. The Morgan fingerprint density at radius 2 is 2.10 bits per heavy atom. The molecule has 2 aliphatic heterocycles. The molecular weight excluding hydrogens is 396 g/mol. The third-order valence-corrected chi connectivity index (χ3v) is 6.50. The number of methoxy groups -OCH3 is 1. The van der Waals surface area contributed by atoms with E-state index < -0.39 is 6.10 Å². The number of aliphatic hydroxyl groups excluding tert-OH is 1. The number of pyridine rings is 1. The van der Waals surface area contributed by atoms with Crippen LogP contribution in [0.1, 0.15) is 29.6 Å². The van der Waals surface area contributed by atoms with Crippen molar-refractivity contribution in [3.8, 4) is 5.88 Å². The third kappa shape index (κ3) is 3.69. The molecule has 2 saturated heterocycles. The van der Waals surface area contributed by atoms with Crippen LogP contribution in [-0.2, 0) is 0 Å². The number of aromatic nitrogens is 4. The standard InChI is InChI=1S/C22H26N6O3/c1-31-19-5-8-23-21(25-19)26-10-6-22(7-11-26)12-16(29)14-27(15-22)20(30)17-13-24-28-9-3-2-4-18(17)28/h2-5,8-9,13,16,29H,6-7,10-12,14-15H2,1H3. The molecule has 3 aromatic rings. The first-order chi connectivity index (χ1) is 15.1. The second-order valence-electron chi connectivity index (χ2n) is 8.52. The average molecular weight is 422 g/mol. The molecule has 0 bridgehead atoms. The van der Waals surface area contributed by atoms with Crippen LogP contribution in [0.4, 0.5) is 5.95 Å². The fourth-order valence-corrected chi connectivity index (χ4v) is 4.92. The molecule has 1 unspecified atom stereocenters. The van der Waals surface area contributed by atoms with Gasteiger partial charge in [-0.05, 0) is 36.8 Å². The van der Waals surface area contributed by atoms with E-state index in [9.17, 15) is 9.90 Å². The lowest BCUT2D eigenvalue weighted by molar-refractivity contribution is -0.0150. The van der Waals surface area contributed by atoms with Crippen LogP contribution in [0.15, 0.2) is 42.9 Å². The molecule has 0 aromatic carbocycles. The molecule has 1 N–H and O–H groups in total. The Balaban J connectivity index is 1.32. The Morgan fingerprint density at radius 1 is 1.26 bits per heavy atom. The Bertz CT molecular complexity index is 1090. The number of likely N-dealkylation sites (tertiary alicyclic amines) is 1. The summed E-state index contributed by atoms with van der Waals surface area (Å²) in [5.41, 5.74) is 1.25. The normalized spacial score (nSPS) is 20.9. The van der Waals surface area contributed by atoms with Crippen LogP contribution in [-0.4, -0.2) is 74.9 Å². The predicted molar refractivity (Wildman–Crippen MR) is 114 cm³/mol. The van der Waals surface area contributed by atoms with Gasteiger partial charge in [0.1, 0.15) is 0 Å². The van der Waals surface area contributed by atoms with Gasteiger partial charge in [-0.25, -0.2) is 9.50 Å². The van der Waals surface area contributed by atoms with Gasteiger partial charge in [0, 0.05) is 44.6 Å². The van der Waals surface area contributed by atoms with E-state index in [0.717, 1.165) is 31.4 Å². The Labute approximate surface area is 180 Å². The number of carbonyl (C=O) groups excluding carboxylic acids is 1. The van der Waals surface area contributed by atoms with Crippen LogP contribution >= 0.6 is 0 Å². The number of amides is 1. The highest BCUT2D eigenvalue weighted by Crippen LogP contribution is 2.41. The quantitative estimate of drug-likeness (QED) is 0.685. The smallest absolute Gasteiger partial charge is 0.257 e. The summed E-state index contributed by atoms with van der Waals surface area (Å²) in [6.45, 7) is 2.55. The molecule has 31 heavy (non-hydrogen) atoms. The molecule has 5 heterocycles. The summed E-state index contributed by atoms with van der Waals surface area (Å²) in [4.78, 5) is 26.1. The predicted octanol–water partition coefficient (Wildman–Crippen LogP) is 1.63. The third-order valence-electron chi connectivity index (χ3n) is 6.50. The minimum Gasteiger partial charge on any atom is -0.481 e. The largest absolute Gasteiger partial charge is 0.481 e. The Morgan fingerprint density at radius 3 is 2.90 bits per heavy atom. The summed E-state index contributed by atoms with van der Waals surface area (Å²) < 4.78 is 6.92. The van der Waals surface area contributed by atoms with Crippen molar-refractivity contribution in [3.05, 3.63) is 48.4 Å². The van der Waals surface area contributed by atoms with E-state index in [1.54, 1.807) is 35.0 Å². The first-order valence-corrected chi connectivity index (χ1v) is 10.6. The lowest BCUT2D eigenvalue weighted by Crippen LogP contribution is -2.55. The molecule has 2 aliphatic rings. The molecule has 1 atom stereocenters. The van der Waals surface area contributed by atoms with Crippen LogP contribution in [0.5, 0.6) is 5.88 Å². The highest BCUT2D eigenvalue weighted by atomic mass is 16.5. The highest BCUT2D eigenvalue weighted by Gasteiger charge is 2.43. The fraction of sp³-hybridized carbons (Fsp3) is 0.455. The van der Waals surface area contributed by atoms with Gasteiger partial charge in [0.05, 0.1) is 30.5 Å². The lowest BCUT2D eigenvalue weighted by atomic mass is 9.71. The van der Waals surface area contributed by atoms with Gasteiger partial charge >= 0.3 is 0 Å². The summed E-state index contributed by atoms with van der Waals surface area (Å²) in [7, 11) is 1.59. The number of rotatable bonds is 3. The van der Waals surface area contributed by atoms with Gasteiger partial charge in [0.2, 0.25) is 11.8 Å². The topological polar surface area (TPSA) is 96.1 Å². The van der Waals surface area contributed by atoms with E-state index in [-0.39, 0.29) is 11.3 Å². The molecule has 0 radical (unpaired) electrons. The number of aliphatic hydroxyl groups is 1. The van der Waals surface area contributed by atoms with Crippen molar-refractivity contribution in [2.24, 2.45) is 5.41 Å². The van der Waals surface area contributed by atoms with Crippen LogP contribution in [0, 0.1) is 5.41 Å². The number of piperidine rings is 2. The molecule has 9 heteroatoms. The Hall–Kier alpha value is -3.20. The van der Waals surface area contributed by atoms with E-state index in [1.165, 1.54) is 0 Å². The first-order valence-electron chi connectivity index (χ1n) is 10.6. The summed E-state index contributed by atoms with van der Waals surface area (Å²) >= 11 is 0. The molecule has 5 rings (SSSR count). The SMILES string of the molecule is COc1ccnc(N2CCC3(CC2)CC(O)CN(C(=O)c2cnn4ccccc24)C3)n1. The minimum atomic E-state index is -0.529. The number of ether oxygens (including phenoxy) is 1. The van der Waals surface area contributed by atoms with Crippen molar-refractivity contribution >= 4 is 17.4 Å². The number of carbonyl (C=O) groups is 1. The molecule has 162 valence electrons. The summed E-state index contributed by atoms with van der Waals surface area (Å²) in [6, 6.07) is 7.41. The molecule has 0 aliphatic carbocycles. The van der Waals surface area contributed by atoms with Crippen molar-refractivity contribution in [1.29, 1.82) is 0 Å². The van der Waals surface area contributed by atoms with Gasteiger partial charge < -0.3 is 19.6 Å². The second kappa shape index (κ2) is 7.81. The van der Waals surface area contributed by atoms with Crippen molar-refractivity contribution < 1.29 is 14.6 Å². The summed E-state index contributed by atoms with van der Waals surface area (Å²) in [5.74, 6) is 1.13. The van der Waals surface area contributed by atoms with Gasteiger partial charge in [0.25, 0.3) is 5.91 Å². The lowest BCUT2D eigenvalue weighted by Gasteiger charge is -2.49. The van der Waals surface area contributed by atoms with E-state index in [2.05, 4.69) is 20.0 Å². The zero-order valence-corrected chi connectivity index (χ0v) is 17.5.